The van der Waals surface area contributed by atoms with Gasteiger partial charge in [-0.25, -0.2) is 0 Å². The van der Waals surface area contributed by atoms with E-state index in [1.54, 1.807) is 18.2 Å². The van der Waals surface area contributed by atoms with E-state index in [0.29, 0.717) is 33.8 Å². The van der Waals surface area contributed by atoms with Crippen molar-refractivity contribution in [2.75, 3.05) is 0 Å². The molecule has 1 fully saturated rings. The van der Waals surface area contributed by atoms with E-state index in [-0.39, 0.29) is 23.4 Å². The van der Waals surface area contributed by atoms with E-state index in [4.69, 9.17) is 28.9 Å². The molecule has 4 amide bonds. The second-order valence-electron chi connectivity index (χ2n) is 11.3. The highest BCUT2D eigenvalue weighted by Gasteiger charge is 2.40. The highest BCUT2D eigenvalue weighted by atomic mass is 35.5. The first-order chi connectivity index (χ1) is 16.6. The van der Waals surface area contributed by atoms with Gasteiger partial charge in [-0.15, -0.1) is 0 Å². The summed E-state index contributed by atoms with van der Waals surface area (Å²) in [6.45, 7) is 9.58. The van der Waals surface area contributed by atoms with Gasteiger partial charge in [-0.05, 0) is 50.7 Å². The van der Waals surface area contributed by atoms with Gasteiger partial charge in [0.15, 0.2) is 0 Å². The summed E-state index contributed by atoms with van der Waals surface area (Å²) in [4.78, 5) is 53.8. The van der Waals surface area contributed by atoms with E-state index in [2.05, 4.69) is 20.9 Å². The molecule has 0 spiro atoms. The highest BCUT2D eigenvalue weighted by Crippen LogP contribution is 2.31. The first kappa shape index (κ1) is 27.8. The van der Waals surface area contributed by atoms with Gasteiger partial charge in [0, 0.05) is 16.8 Å². The lowest BCUT2D eigenvalue weighted by Crippen LogP contribution is -2.54. The molecule has 36 heavy (non-hydrogen) atoms. The molecule has 1 aromatic heterocycles. The zero-order valence-electron chi connectivity index (χ0n) is 21.1. The van der Waals surface area contributed by atoms with Gasteiger partial charge < -0.3 is 26.7 Å². The van der Waals surface area contributed by atoms with Crippen LogP contribution in [0.15, 0.2) is 18.2 Å². The number of rotatable bonds is 8. The molecule has 1 saturated heterocycles. The number of nitrogens with one attached hydrogen (secondary N) is 4. The van der Waals surface area contributed by atoms with Crippen LogP contribution in [0.2, 0.25) is 10.0 Å². The Labute approximate surface area is 220 Å². The standard InChI is InChI=1S/C25H33Cl2N5O4/c1-24(2,3)11-17(31-22(35)16-8-12-6-7-14(26)18(27)19(12)29-16)23(36)30-15(20(28)33)9-13-10-25(4,5)32-21(13)34/h6-8,13,15,17,29H,9-11H2,1-5H3,(H2,28,33)(H,30,36)(H,31,35)(H,32,34)/t13-,15?,17?/m1/s1. The lowest BCUT2D eigenvalue weighted by Gasteiger charge is -2.28. The van der Waals surface area contributed by atoms with Crippen molar-refractivity contribution in [3.8, 4) is 0 Å². The van der Waals surface area contributed by atoms with Gasteiger partial charge in [-0.2, -0.15) is 0 Å². The second kappa shape index (κ2) is 10.3. The number of aromatic amines is 1. The van der Waals surface area contributed by atoms with Crippen LogP contribution in [0.3, 0.4) is 0 Å². The summed E-state index contributed by atoms with van der Waals surface area (Å²) in [5.41, 5.74) is 5.55. The average molecular weight is 538 g/mol. The molecule has 2 aromatic rings. The fourth-order valence-electron chi connectivity index (χ4n) is 4.51. The van der Waals surface area contributed by atoms with Crippen LogP contribution < -0.4 is 21.7 Å². The largest absolute Gasteiger partial charge is 0.368 e. The minimum Gasteiger partial charge on any atom is -0.368 e. The summed E-state index contributed by atoms with van der Waals surface area (Å²) in [6, 6.07) is 2.96. The molecule has 9 nitrogen and oxygen atoms in total. The molecule has 11 heteroatoms. The topological polar surface area (TPSA) is 146 Å². The van der Waals surface area contributed by atoms with Crippen LogP contribution in [0.5, 0.6) is 0 Å². The number of benzene rings is 1. The van der Waals surface area contributed by atoms with Crippen molar-refractivity contribution in [1.29, 1.82) is 0 Å². The molecular weight excluding hydrogens is 505 g/mol. The molecule has 0 saturated carbocycles. The van der Waals surface area contributed by atoms with Crippen LogP contribution in [0.1, 0.15) is 64.4 Å². The summed E-state index contributed by atoms with van der Waals surface area (Å²) in [5, 5.41) is 9.62. The monoisotopic (exact) mass is 537 g/mol. The molecule has 2 heterocycles. The Balaban J connectivity index is 1.78. The van der Waals surface area contributed by atoms with Gasteiger partial charge in [0.1, 0.15) is 17.8 Å². The van der Waals surface area contributed by atoms with Crippen LogP contribution >= 0.6 is 23.2 Å². The minimum absolute atomic E-state index is 0.0772. The maximum Gasteiger partial charge on any atom is 0.268 e. The minimum atomic E-state index is -1.06. The third kappa shape index (κ3) is 6.70. The zero-order valence-corrected chi connectivity index (χ0v) is 22.6. The van der Waals surface area contributed by atoms with Crippen LogP contribution in [0, 0.1) is 11.3 Å². The summed E-state index contributed by atoms with van der Waals surface area (Å²) in [5.74, 6) is -2.47. The first-order valence-electron chi connectivity index (χ1n) is 11.8. The summed E-state index contributed by atoms with van der Waals surface area (Å²) in [7, 11) is 0. The second-order valence-corrected chi connectivity index (χ2v) is 12.1. The maximum atomic E-state index is 13.3. The van der Waals surface area contributed by atoms with E-state index in [1.807, 2.05) is 34.6 Å². The lowest BCUT2D eigenvalue weighted by molar-refractivity contribution is -0.130. The van der Waals surface area contributed by atoms with Crippen LogP contribution in [0.4, 0.5) is 0 Å². The summed E-state index contributed by atoms with van der Waals surface area (Å²) >= 11 is 12.3. The van der Waals surface area contributed by atoms with Gasteiger partial charge in [0.05, 0.1) is 15.6 Å². The average Bonchev–Trinajstić information content (AvgIpc) is 3.29. The Morgan fingerprint density at radius 1 is 1.17 bits per heavy atom. The van der Waals surface area contributed by atoms with Gasteiger partial charge in [0.2, 0.25) is 17.7 Å². The van der Waals surface area contributed by atoms with Crippen molar-refractivity contribution in [2.24, 2.45) is 17.1 Å². The van der Waals surface area contributed by atoms with E-state index in [0.717, 1.165) is 0 Å². The Morgan fingerprint density at radius 3 is 2.39 bits per heavy atom. The van der Waals surface area contributed by atoms with Gasteiger partial charge >= 0.3 is 0 Å². The van der Waals surface area contributed by atoms with Gasteiger partial charge in [-0.3, -0.25) is 19.2 Å². The number of nitrogens with two attached hydrogens (primary N) is 1. The molecule has 196 valence electrons. The molecule has 1 aliphatic rings. The molecule has 1 aromatic carbocycles. The molecular formula is C25H33Cl2N5O4. The van der Waals surface area contributed by atoms with Crippen molar-refractivity contribution in [3.05, 3.63) is 33.9 Å². The third-order valence-electron chi connectivity index (χ3n) is 6.14. The number of amides is 4. The summed E-state index contributed by atoms with van der Waals surface area (Å²) in [6.07, 6.45) is 0.883. The number of H-pyrrole nitrogens is 1. The predicted molar refractivity (Wildman–Crippen MR) is 140 cm³/mol. The lowest BCUT2D eigenvalue weighted by atomic mass is 9.87. The molecule has 3 atom stereocenters. The van der Waals surface area contributed by atoms with Crippen molar-refractivity contribution in [3.63, 3.8) is 0 Å². The Kier molecular flexibility index (Phi) is 7.95. The summed E-state index contributed by atoms with van der Waals surface area (Å²) < 4.78 is 0. The van der Waals surface area contributed by atoms with Gasteiger partial charge in [0.25, 0.3) is 5.91 Å². The number of fused-ring (bicyclic) bond motifs is 1. The van der Waals surface area contributed by atoms with Crippen LogP contribution in [0.25, 0.3) is 10.9 Å². The normalized spacial score (nSPS) is 19.0. The number of hydrogen-bond acceptors (Lipinski definition) is 4. The van der Waals surface area contributed by atoms with Gasteiger partial charge in [-0.1, -0.05) is 50.0 Å². The third-order valence-corrected chi connectivity index (χ3v) is 6.94. The molecule has 0 aliphatic carbocycles. The zero-order chi connectivity index (χ0) is 27.0. The number of aromatic nitrogens is 1. The Morgan fingerprint density at radius 2 is 1.83 bits per heavy atom. The Hall–Kier alpha value is -2.78. The van der Waals surface area contributed by atoms with Crippen molar-refractivity contribution in [1.82, 2.24) is 20.9 Å². The fourth-order valence-corrected chi connectivity index (χ4v) is 4.88. The van der Waals surface area contributed by atoms with Crippen molar-refractivity contribution in [2.45, 2.75) is 71.5 Å². The molecule has 3 rings (SSSR count). The molecule has 0 radical (unpaired) electrons. The van der Waals surface area contributed by atoms with E-state index >= 15 is 0 Å². The highest BCUT2D eigenvalue weighted by molar-refractivity contribution is 6.45. The number of halogens is 2. The maximum absolute atomic E-state index is 13.3. The first-order valence-corrected chi connectivity index (χ1v) is 12.5. The number of carbonyl (C=O) groups excluding carboxylic acids is 4. The number of carbonyl (C=O) groups is 4. The van der Waals surface area contributed by atoms with Crippen molar-refractivity contribution >= 4 is 57.7 Å². The smallest absolute Gasteiger partial charge is 0.268 e. The number of hydrogen-bond donors (Lipinski definition) is 5. The SMILES string of the molecule is CC(C)(C)CC(NC(=O)c1cc2ccc(Cl)c(Cl)c2[nH]1)C(=O)NC(C[C@@H]1CC(C)(C)NC1=O)C(N)=O. The predicted octanol–water partition coefficient (Wildman–Crippen LogP) is 3.28. The fraction of sp³-hybridized carbons (Fsp3) is 0.520. The quantitative estimate of drug-likeness (QED) is 0.351. The molecule has 0 bridgehead atoms. The molecule has 2 unspecified atom stereocenters. The van der Waals surface area contributed by atoms with E-state index in [9.17, 15) is 19.2 Å². The van der Waals surface area contributed by atoms with E-state index in [1.165, 1.54) is 0 Å². The molecule has 6 N–H and O–H groups in total. The van der Waals surface area contributed by atoms with Crippen LogP contribution in [-0.4, -0.2) is 46.2 Å². The van der Waals surface area contributed by atoms with Crippen LogP contribution in [-0.2, 0) is 14.4 Å². The Bertz CT molecular complexity index is 1200. The molecule has 1 aliphatic heterocycles. The van der Waals surface area contributed by atoms with Crippen molar-refractivity contribution < 1.29 is 19.2 Å². The van der Waals surface area contributed by atoms with E-state index < -0.39 is 41.3 Å². The number of primary amides is 1.